The predicted octanol–water partition coefficient (Wildman–Crippen LogP) is 3.31. The van der Waals surface area contributed by atoms with E-state index in [4.69, 9.17) is 4.74 Å². The Labute approximate surface area is 187 Å². The lowest BCUT2D eigenvalue weighted by Crippen LogP contribution is -2.43. The molecule has 8 heteroatoms. The summed E-state index contributed by atoms with van der Waals surface area (Å²) in [5.41, 5.74) is 2.43. The summed E-state index contributed by atoms with van der Waals surface area (Å²) in [5, 5.41) is 2.68. The molecule has 1 amide bonds. The first-order chi connectivity index (χ1) is 15.3. The van der Waals surface area contributed by atoms with E-state index < -0.39 is 27.9 Å². The van der Waals surface area contributed by atoms with Crippen LogP contribution in [0.25, 0.3) is 0 Å². The first kappa shape index (κ1) is 23.0. The number of anilines is 1. The third kappa shape index (κ3) is 5.95. The molecule has 0 aromatic heterocycles. The number of aryl methyl sites for hydroxylation is 1. The van der Waals surface area contributed by atoms with E-state index in [1.54, 1.807) is 12.1 Å². The molecule has 3 rings (SSSR count). The number of amides is 1. The molecule has 0 saturated heterocycles. The third-order valence-corrected chi connectivity index (χ3v) is 6.20. The molecule has 0 aliphatic rings. The summed E-state index contributed by atoms with van der Waals surface area (Å²) in [7, 11) is -2.48. The van der Waals surface area contributed by atoms with Crippen molar-refractivity contribution in [3.8, 4) is 0 Å². The number of nitrogens with one attached hydrogen (secondary N) is 2. The van der Waals surface area contributed by atoms with Crippen molar-refractivity contribution in [2.75, 3.05) is 11.8 Å². The van der Waals surface area contributed by atoms with Crippen molar-refractivity contribution in [2.45, 2.75) is 24.3 Å². The van der Waals surface area contributed by atoms with E-state index in [0.717, 1.165) is 11.1 Å². The molecule has 32 heavy (non-hydrogen) atoms. The molecule has 3 aromatic carbocycles. The maximum Gasteiger partial charge on any atom is 0.328 e. The van der Waals surface area contributed by atoms with E-state index in [1.165, 1.54) is 43.5 Å². The van der Waals surface area contributed by atoms with Gasteiger partial charge in [0.15, 0.2) is 0 Å². The number of benzene rings is 3. The summed E-state index contributed by atoms with van der Waals surface area (Å²) >= 11 is 0. The number of carbonyl (C=O) groups is 2. The normalized spacial score (nSPS) is 11.9. The van der Waals surface area contributed by atoms with Gasteiger partial charge < -0.3 is 10.1 Å². The van der Waals surface area contributed by atoms with Gasteiger partial charge in [-0.2, -0.15) is 0 Å². The molecule has 0 unspecified atom stereocenters. The van der Waals surface area contributed by atoms with Crippen LogP contribution in [-0.2, 0) is 26.0 Å². The average Bonchev–Trinajstić information content (AvgIpc) is 2.79. The van der Waals surface area contributed by atoms with Gasteiger partial charge in [0, 0.05) is 17.7 Å². The molecule has 0 heterocycles. The van der Waals surface area contributed by atoms with Gasteiger partial charge in [0.25, 0.3) is 15.9 Å². The minimum absolute atomic E-state index is 0.145. The Bertz CT molecular complexity index is 1180. The zero-order valence-corrected chi connectivity index (χ0v) is 18.6. The number of methoxy groups -OCH3 is 1. The summed E-state index contributed by atoms with van der Waals surface area (Å²) in [4.78, 5) is 24.9. The number of esters is 1. The van der Waals surface area contributed by atoms with Crippen molar-refractivity contribution < 1.29 is 22.7 Å². The molecule has 0 saturated carbocycles. The largest absolute Gasteiger partial charge is 0.467 e. The highest BCUT2D eigenvalue weighted by Gasteiger charge is 2.23. The molecule has 0 spiro atoms. The van der Waals surface area contributed by atoms with Gasteiger partial charge in [0.1, 0.15) is 6.04 Å². The van der Waals surface area contributed by atoms with Crippen LogP contribution < -0.4 is 10.0 Å². The summed E-state index contributed by atoms with van der Waals surface area (Å²) in [5.74, 6) is -1.02. The van der Waals surface area contributed by atoms with Crippen LogP contribution in [-0.4, -0.2) is 33.4 Å². The van der Waals surface area contributed by atoms with E-state index in [-0.39, 0.29) is 16.9 Å². The third-order valence-electron chi connectivity index (χ3n) is 4.80. The van der Waals surface area contributed by atoms with Crippen LogP contribution in [0.15, 0.2) is 83.8 Å². The molecule has 0 radical (unpaired) electrons. The van der Waals surface area contributed by atoms with Crippen LogP contribution in [0, 0.1) is 6.92 Å². The van der Waals surface area contributed by atoms with E-state index in [2.05, 4.69) is 10.0 Å². The van der Waals surface area contributed by atoms with Gasteiger partial charge in [-0.1, -0.05) is 48.0 Å². The minimum Gasteiger partial charge on any atom is -0.467 e. The van der Waals surface area contributed by atoms with Gasteiger partial charge in [-0.15, -0.1) is 0 Å². The number of carbonyl (C=O) groups excluding carboxylic acids is 2. The molecule has 2 N–H and O–H groups in total. The van der Waals surface area contributed by atoms with Crippen LogP contribution in [0.2, 0.25) is 0 Å². The second kappa shape index (κ2) is 10.1. The van der Waals surface area contributed by atoms with Crippen LogP contribution in [0.3, 0.4) is 0 Å². The standard InChI is InChI=1S/C24H24N2O5S/c1-17-8-14-21(15-9-17)32(29,30)26-20-12-10-19(11-13-20)23(27)25-22(24(28)31-2)16-18-6-4-3-5-7-18/h3-15,22,26H,16H2,1-2H3,(H,25,27)/t22-/m0/s1. The molecule has 7 nitrogen and oxygen atoms in total. The van der Waals surface area contributed by atoms with Crippen molar-refractivity contribution in [1.29, 1.82) is 0 Å². The molecule has 0 aliphatic carbocycles. The maximum absolute atomic E-state index is 12.7. The predicted molar refractivity (Wildman–Crippen MR) is 122 cm³/mol. The molecule has 1 atom stereocenters. The van der Waals surface area contributed by atoms with Gasteiger partial charge in [0.05, 0.1) is 12.0 Å². The Morgan fingerprint density at radius 3 is 2.12 bits per heavy atom. The van der Waals surface area contributed by atoms with E-state index in [9.17, 15) is 18.0 Å². The van der Waals surface area contributed by atoms with Gasteiger partial charge >= 0.3 is 5.97 Å². The first-order valence-electron chi connectivity index (χ1n) is 9.90. The van der Waals surface area contributed by atoms with Gasteiger partial charge in [-0.05, 0) is 48.9 Å². The Morgan fingerprint density at radius 1 is 0.906 bits per heavy atom. The molecule has 3 aromatic rings. The Kier molecular flexibility index (Phi) is 7.27. The van der Waals surface area contributed by atoms with Crippen molar-refractivity contribution in [3.05, 3.63) is 95.6 Å². The van der Waals surface area contributed by atoms with E-state index in [1.807, 2.05) is 37.3 Å². The smallest absolute Gasteiger partial charge is 0.328 e. The lowest BCUT2D eigenvalue weighted by molar-refractivity contribution is -0.142. The highest BCUT2D eigenvalue weighted by atomic mass is 32.2. The number of ether oxygens (including phenoxy) is 1. The second-order valence-electron chi connectivity index (χ2n) is 7.23. The lowest BCUT2D eigenvalue weighted by atomic mass is 10.1. The Morgan fingerprint density at radius 2 is 1.53 bits per heavy atom. The highest BCUT2D eigenvalue weighted by Crippen LogP contribution is 2.17. The van der Waals surface area contributed by atoms with Crippen molar-refractivity contribution >= 4 is 27.6 Å². The number of hydrogen-bond acceptors (Lipinski definition) is 5. The summed E-state index contributed by atoms with van der Waals surface area (Å²) in [6.07, 6.45) is 0.285. The average molecular weight is 453 g/mol. The summed E-state index contributed by atoms with van der Waals surface area (Å²) in [6, 6.07) is 20.9. The quantitative estimate of drug-likeness (QED) is 0.511. The van der Waals surface area contributed by atoms with Gasteiger partial charge in [0.2, 0.25) is 0 Å². The Hall–Kier alpha value is -3.65. The fourth-order valence-electron chi connectivity index (χ4n) is 3.05. The molecule has 0 bridgehead atoms. The monoisotopic (exact) mass is 452 g/mol. The first-order valence-corrected chi connectivity index (χ1v) is 11.4. The topological polar surface area (TPSA) is 102 Å². The number of hydrogen-bond donors (Lipinski definition) is 2. The number of rotatable bonds is 8. The lowest BCUT2D eigenvalue weighted by Gasteiger charge is -2.17. The van der Waals surface area contributed by atoms with Crippen LogP contribution >= 0.6 is 0 Å². The van der Waals surface area contributed by atoms with Gasteiger partial charge in [-0.3, -0.25) is 9.52 Å². The molecular formula is C24H24N2O5S. The highest BCUT2D eigenvalue weighted by molar-refractivity contribution is 7.92. The van der Waals surface area contributed by atoms with Crippen molar-refractivity contribution in [2.24, 2.45) is 0 Å². The summed E-state index contributed by atoms with van der Waals surface area (Å²) < 4.78 is 32.3. The van der Waals surface area contributed by atoms with Crippen molar-refractivity contribution in [1.82, 2.24) is 5.32 Å². The molecular weight excluding hydrogens is 428 g/mol. The zero-order chi connectivity index (χ0) is 23.1. The van der Waals surface area contributed by atoms with Crippen LogP contribution in [0.1, 0.15) is 21.5 Å². The molecule has 0 fully saturated rings. The molecule has 0 aliphatic heterocycles. The molecule has 166 valence electrons. The minimum atomic E-state index is -3.74. The zero-order valence-electron chi connectivity index (χ0n) is 17.7. The fourth-order valence-corrected chi connectivity index (χ4v) is 4.11. The fraction of sp³-hybridized carbons (Fsp3) is 0.167. The van der Waals surface area contributed by atoms with Gasteiger partial charge in [-0.25, -0.2) is 13.2 Å². The second-order valence-corrected chi connectivity index (χ2v) is 8.92. The van der Waals surface area contributed by atoms with E-state index >= 15 is 0 Å². The van der Waals surface area contributed by atoms with Crippen molar-refractivity contribution in [3.63, 3.8) is 0 Å². The summed E-state index contributed by atoms with van der Waals surface area (Å²) in [6.45, 7) is 1.87. The Balaban J connectivity index is 1.69. The van der Waals surface area contributed by atoms with Crippen LogP contribution in [0.5, 0.6) is 0 Å². The number of sulfonamides is 1. The maximum atomic E-state index is 12.7. The SMILES string of the molecule is COC(=O)[C@H](Cc1ccccc1)NC(=O)c1ccc(NS(=O)(=O)c2ccc(C)cc2)cc1. The van der Waals surface area contributed by atoms with E-state index in [0.29, 0.717) is 5.69 Å². The van der Waals surface area contributed by atoms with Crippen LogP contribution in [0.4, 0.5) is 5.69 Å².